The maximum Gasteiger partial charge on any atom is 0.254 e. The number of carbonyl (C=O) groups excluding carboxylic acids is 2. The van der Waals surface area contributed by atoms with Gasteiger partial charge in [-0.1, -0.05) is 0 Å². The maximum absolute atomic E-state index is 12.1. The van der Waals surface area contributed by atoms with E-state index in [9.17, 15) is 14.4 Å². The summed E-state index contributed by atoms with van der Waals surface area (Å²) >= 11 is 0. The lowest BCUT2D eigenvalue weighted by atomic mass is 10.2. The second-order valence-corrected chi connectivity index (χ2v) is 5.52. The van der Waals surface area contributed by atoms with Crippen molar-refractivity contribution in [3.63, 3.8) is 0 Å². The van der Waals surface area contributed by atoms with Crippen LogP contribution in [0, 0.1) is 0 Å². The first kappa shape index (κ1) is 17.2. The van der Waals surface area contributed by atoms with Gasteiger partial charge in [-0.05, 0) is 36.4 Å². The smallest absolute Gasteiger partial charge is 0.254 e. The van der Waals surface area contributed by atoms with Gasteiger partial charge in [-0.25, -0.2) is 4.98 Å². The Labute approximate surface area is 148 Å². The van der Waals surface area contributed by atoms with Crippen LogP contribution in [-0.2, 0) is 16.1 Å². The summed E-state index contributed by atoms with van der Waals surface area (Å²) in [6.45, 7) is 1.25. The van der Waals surface area contributed by atoms with E-state index < -0.39 is 0 Å². The SMILES string of the molecule is CC(=O)Nc1ccc(NC(=O)Cn2cnc(-c3ccco3)cc2=O)cc1. The number of amides is 2. The molecule has 2 N–H and O–H groups in total. The lowest BCUT2D eigenvalue weighted by molar-refractivity contribution is -0.117. The van der Waals surface area contributed by atoms with Gasteiger partial charge in [0, 0.05) is 24.4 Å². The van der Waals surface area contributed by atoms with Crippen LogP contribution < -0.4 is 16.2 Å². The predicted molar refractivity (Wildman–Crippen MR) is 95.6 cm³/mol. The molecule has 0 saturated carbocycles. The number of hydrogen-bond acceptors (Lipinski definition) is 5. The van der Waals surface area contributed by atoms with Crippen molar-refractivity contribution in [2.24, 2.45) is 0 Å². The summed E-state index contributed by atoms with van der Waals surface area (Å²) in [6, 6.07) is 11.4. The van der Waals surface area contributed by atoms with Gasteiger partial charge >= 0.3 is 0 Å². The van der Waals surface area contributed by atoms with Gasteiger partial charge in [0.1, 0.15) is 12.2 Å². The van der Waals surface area contributed by atoms with Crippen LogP contribution in [0.4, 0.5) is 11.4 Å². The molecule has 3 rings (SSSR count). The van der Waals surface area contributed by atoms with E-state index in [2.05, 4.69) is 15.6 Å². The van der Waals surface area contributed by atoms with Crippen LogP contribution >= 0.6 is 0 Å². The third kappa shape index (κ3) is 4.23. The summed E-state index contributed by atoms with van der Waals surface area (Å²) in [6.07, 6.45) is 2.80. The van der Waals surface area contributed by atoms with Crippen LogP contribution in [0.15, 0.2) is 64.3 Å². The Morgan fingerprint density at radius 3 is 2.38 bits per heavy atom. The molecule has 0 atom stereocenters. The van der Waals surface area contributed by atoms with E-state index in [0.29, 0.717) is 22.8 Å². The number of furan rings is 1. The molecule has 8 nitrogen and oxygen atoms in total. The summed E-state index contributed by atoms with van der Waals surface area (Å²) < 4.78 is 6.39. The second-order valence-electron chi connectivity index (χ2n) is 5.52. The number of nitrogens with zero attached hydrogens (tertiary/aromatic N) is 2. The van der Waals surface area contributed by atoms with Crippen LogP contribution in [0.3, 0.4) is 0 Å². The van der Waals surface area contributed by atoms with Gasteiger partial charge in [-0.3, -0.25) is 19.0 Å². The highest BCUT2D eigenvalue weighted by Gasteiger charge is 2.09. The summed E-state index contributed by atoms with van der Waals surface area (Å²) in [4.78, 5) is 39.4. The van der Waals surface area contributed by atoms with Crippen molar-refractivity contribution in [2.75, 3.05) is 10.6 Å². The average molecular weight is 352 g/mol. The topological polar surface area (TPSA) is 106 Å². The van der Waals surface area contributed by atoms with Crippen LogP contribution in [-0.4, -0.2) is 21.4 Å². The highest BCUT2D eigenvalue weighted by Crippen LogP contribution is 2.15. The summed E-state index contributed by atoms with van der Waals surface area (Å²) in [5.74, 6) is -0.0588. The minimum Gasteiger partial charge on any atom is -0.463 e. The number of benzene rings is 1. The number of nitrogens with one attached hydrogen (secondary N) is 2. The van der Waals surface area contributed by atoms with Crippen molar-refractivity contribution < 1.29 is 14.0 Å². The highest BCUT2D eigenvalue weighted by atomic mass is 16.3. The molecule has 0 spiro atoms. The molecule has 2 heterocycles. The Morgan fingerprint density at radius 1 is 1.12 bits per heavy atom. The molecule has 0 fully saturated rings. The second kappa shape index (κ2) is 7.47. The Kier molecular flexibility index (Phi) is 4.93. The van der Waals surface area contributed by atoms with Crippen molar-refractivity contribution >= 4 is 23.2 Å². The Balaban J connectivity index is 1.64. The number of anilines is 2. The predicted octanol–water partition coefficient (Wildman–Crippen LogP) is 2.10. The minimum absolute atomic E-state index is 0.169. The quantitative estimate of drug-likeness (QED) is 0.731. The molecule has 0 aliphatic heterocycles. The Bertz CT molecular complexity index is 975. The zero-order chi connectivity index (χ0) is 18.5. The van der Waals surface area contributed by atoms with Crippen LogP contribution in [0.5, 0.6) is 0 Å². The normalized spacial score (nSPS) is 10.3. The van der Waals surface area contributed by atoms with E-state index >= 15 is 0 Å². The number of carbonyl (C=O) groups is 2. The third-order valence-corrected chi connectivity index (χ3v) is 3.46. The molecule has 132 valence electrons. The van der Waals surface area contributed by atoms with Crippen molar-refractivity contribution in [3.05, 3.63) is 65.4 Å². The van der Waals surface area contributed by atoms with Crippen molar-refractivity contribution in [2.45, 2.75) is 13.5 Å². The molecule has 0 saturated heterocycles. The molecule has 8 heteroatoms. The van der Waals surface area contributed by atoms with Gasteiger partial charge in [0.2, 0.25) is 11.8 Å². The van der Waals surface area contributed by atoms with Crippen molar-refractivity contribution in [1.82, 2.24) is 9.55 Å². The molecule has 1 aromatic carbocycles. The fourth-order valence-corrected chi connectivity index (χ4v) is 2.30. The summed E-state index contributed by atoms with van der Waals surface area (Å²) in [5, 5.41) is 5.32. The molecule has 3 aromatic rings. The van der Waals surface area contributed by atoms with Gasteiger partial charge in [0.25, 0.3) is 5.56 Å². The van der Waals surface area contributed by atoms with Crippen LogP contribution in [0.1, 0.15) is 6.92 Å². The van der Waals surface area contributed by atoms with Crippen LogP contribution in [0.25, 0.3) is 11.5 Å². The molecule has 2 amide bonds. The average Bonchev–Trinajstić information content (AvgIpc) is 3.12. The lowest BCUT2D eigenvalue weighted by Gasteiger charge is -2.08. The largest absolute Gasteiger partial charge is 0.463 e. The van der Waals surface area contributed by atoms with Crippen LogP contribution in [0.2, 0.25) is 0 Å². The Morgan fingerprint density at radius 2 is 1.81 bits per heavy atom. The highest BCUT2D eigenvalue weighted by molar-refractivity contribution is 5.92. The van der Waals surface area contributed by atoms with E-state index in [0.717, 1.165) is 0 Å². The van der Waals surface area contributed by atoms with Crippen molar-refractivity contribution in [3.8, 4) is 11.5 Å². The monoisotopic (exact) mass is 352 g/mol. The first-order chi connectivity index (χ1) is 12.5. The van der Waals surface area contributed by atoms with E-state index in [1.165, 1.54) is 30.1 Å². The number of aromatic nitrogens is 2. The fraction of sp³-hybridized carbons (Fsp3) is 0.111. The Hall–Kier alpha value is -3.68. The fourth-order valence-electron chi connectivity index (χ4n) is 2.30. The van der Waals surface area contributed by atoms with E-state index in [4.69, 9.17) is 4.42 Å². The molecule has 2 aromatic heterocycles. The lowest BCUT2D eigenvalue weighted by Crippen LogP contribution is -2.27. The molecule has 26 heavy (non-hydrogen) atoms. The summed E-state index contributed by atoms with van der Waals surface area (Å²) in [5.41, 5.74) is 1.23. The van der Waals surface area contributed by atoms with Gasteiger partial charge in [0.05, 0.1) is 12.6 Å². The van der Waals surface area contributed by atoms with E-state index in [-0.39, 0.29) is 23.9 Å². The van der Waals surface area contributed by atoms with E-state index in [1.807, 2.05) is 0 Å². The molecule has 0 unspecified atom stereocenters. The molecule has 0 radical (unpaired) electrons. The number of hydrogen-bond donors (Lipinski definition) is 2. The molecule has 0 bridgehead atoms. The first-order valence-electron chi connectivity index (χ1n) is 7.79. The molecular weight excluding hydrogens is 336 g/mol. The molecule has 0 aliphatic rings. The van der Waals surface area contributed by atoms with Gasteiger partial charge in [-0.15, -0.1) is 0 Å². The van der Waals surface area contributed by atoms with Gasteiger partial charge < -0.3 is 15.1 Å². The molecule has 0 aliphatic carbocycles. The maximum atomic E-state index is 12.1. The van der Waals surface area contributed by atoms with E-state index in [1.54, 1.807) is 36.4 Å². The van der Waals surface area contributed by atoms with Gasteiger partial charge in [0.15, 0.2) is 5.76 Å². The minimum atomic E-state index is -0.369. The first-order valence-corrected chi connectivity index (χ1v) is 7.79. The zero-order valence-corrected chi connectivity index (χ0v) is 13.9. The van der Waals surface area contributed by atoms with Crippen molar-refractivity contribution in [1.29, 1.82) is 0 Å². The number of rotatable bonds is 5. The third-order valence-electron chi connectivity index (χ3n) is 3.46. The summed E-state index contributed by atoms with van der Waals surface area (Å²) in [7, 11) is 0. The van der Waals surface area contributed by atoms with Gasteiger partial charge in [-0.2, -0.15) is 0 Å². The zero-order valence-electron chi connectivity index (χ0n) is 13.9. The standard InChI is InChI=1S/C18H16N4O4/c1-12(23)20-13-4-6-14(7-5-13)21-17(24)10-22-11-19-15(9-18(22)25)16-3-2-8-26-16/h2-9,11H,10H2,1H3,(H,20,23)(H,21,24). The molecular formula is C18H16N4O4.